The van der Waals surface area contributed by atoms with Gasteiger partial charge in [-0.1, -0.05) is 42.5 Å². The fourth-order valence-electron chi connectivity index (χ4n) is 2.36. The van der Waals surface area contributed by atoms with E-state index in [-0.39, 0.29) is 24.3 Å². The van der Waals surface area contributed by atoms with Crippen molar-refractivity contribution in [3.8, 4) is 5.75 Å². The van der Waals surface area contributed by atoms with Crippen LogP contribution in [0.1, 0.15) is 11.6 Å². The Morgan fingerprint density at radius 3 is 2.48 bits per heavy atom. The number of nitrogens with zero attached hydrogens (tertiary/aromatic N) is 3. The molecule has 0 aliphatic carbocycles. The van der Waals surface area contributed by atoms with Gasteiger partial charge in [-0.3, -0.25) is 4.79 Å². The van der Waals surface area contributed by atoms with Gasteiger partial charge >= 0.3 is 0 Å². The quantitative estimate of drug-likeness (QED) is 0.717. The number of aromatic nitrogens is 3. The number of hydrogen-bond donors (Lipinski definition) is 1. The third-order valence-electron chi connectivity index (χ3n) is 3.55. The minimum Gasteiger partial charge on any atom is -0.481 e. The average Bonchev–Trinajstić information content (AvgIpc) is 3.14. The second kappa shape index (κ2) is 8.05. The topological polar surface area (TPSA) is 69.0 Å². The van der Waals surface area contributed by atoms with Crippen molar-refractivity contribution in [3.63, 3.8) is 0 Å². The first-order chi connectivity index (χ1) is 12.2. The summed E-state index contributed by atoms with van der Waals surface area (Å²) in [6, 6.07) is 15.1. The van der Waals surface area contributed by atoms with Gasteiger partial charge < -0.3 is 10.1 Å². The van der Waals surface area contributed by atoms with Gasteiger partial charge in [0.05, 0.1) is 25.0 Å². The monoisotopic (exact) mass is 340 g/mol. The highest BCUT2D eigenvalue weighted by Crippen LogP contribution is 2.16. The van der Waals surface area contributed by atoms with E-state index in [1.807, 2.05) is 30.3 Å². The smallest absolute Gasteiger partial charge is 0.258 e. The normalized spacial score (nSPS) is 11.7. The molecule has 0 aliphatic heterocycles. The Bertz CT molecular complexity index is 809. The van der Waals surface area contributed by atoms with Crippen LogP contribution in [0.5, 0.6) is 5.75 Å². The summed E-state index contributed by atoms with van der Waals surface area (Å²) in [6.07, 6.45) is 3.15. The number of halogens is 1. The van der Waals surface area contributed by atoms with E-state index in [1.165, 1.54) is 16.9 Å². The third-order valence-corrected chi connectivity index (χ3v) is 3.55. The number of benzene rings is 2. The molecule has 3 aromatic rings. The maximum atomic E-state index is 13.5. The Balaban J connectivity index is 1.65. The highest BCUT2D eigenvalue weighted by atomic mass is 19.1. The van der Waals surface area contributed by atoms with Crippen LogP contribution in [0.3, 0.4) is 0 Å². The maximum Gasteiger partial charge on any atom is 0.258 e. The van der Waals surface area contributed by atoms with E-state index in [1.54, 1.807) is 24.5 Å². The fraction of sp³-hybridized carbons (Fsp3) is 0.167. The molecule has 0 bridgehead atoms. The molecule has 1 N–H and O–H groups in total. The molecule has 0 radical (unpaired) electrons. The molecule has 0 fully saturated rings. The van der Waals surface area contributed by atoms with Crippen LogP contribution in [0.15, 0.2) is 67.0 Å². The van der Waals surface area contributed by atoms with Crippen LogP contribution in [-0.2, 0) is 11.3 Å². The highest BCUT2D eigenvalue weighted by Gasteiger charge is 2.16. The van der Waals surface area contributed by atoms with Gasteiger partial charge in [-0.2, -0.15) is 15.0 Å². The van der Waals surface area contributed by atoms with Crippen LogP contribution in [0.4, 0.5) is 4.39 Å². The Morgan fingerprint density at radius 1 is 1.08 bits per heavy atom. The second-order valence-electron chi connectivity index (χ2n) is 5.33. The van der Waals surface area contributed by atoms with E-state index in [0.29, 0.717) is 6.54 Å². The number of rotatable bonds is 7. The number of carbonyl (C=O) groups excluding carboxylic acids is 1. The first-order valence-electron chi connectivity index (χ1n) is 7.78. The molecule has 0 saturated carbocycles. The summed E-state index contributed by atoms with van der Waals surface area (Å²) >= 11 is 0. The SMILES string of the molecule is O=C(COc1ccccc1F)N[C@@H](Cn1nccn1)c1ccccc1. The molecule has 7 heteroatoms. The number of carbonyl (C=O) groups is 1. The molecule has 1 amide bonds. The average molecular weight is 340 g/mol. The van der Waals surface area contributed by atoms with Crippen molar-refractivity contribution in [1.29, 1.82) is 0 Å². The molecular formula is C18H17FN4O2. The molecule has 2 aromatic carbocycles. The molecule has 128 valence electrons. The molecule has 3 rings (SSSR count). The van der Waals surface area contributed by atoms with Gasteiger partial charge in [0.2, 0.25) is 0 Å². The Labute approximate surface area is 144 Å². The fourth-order valence-corrected chi connectivity index (χ4v) is 2.36. The lowest BCUT2D eigenvalue weighted by Gasteiger charge is -2.19. The first kappa shape index (κ1) is 16.6. The first-order valence-corrected chi connectivity index (χ1v) is 7.78. The predicted molar refractivity (Wildman–Crippen MR) is 89.2 cm³/mol. The third kappa shape index (κ3) is 4.63. The molecule has 0 unspecified atom stereocenters. The molecule has 1 heterocycles. The van der Waals surface area contributed by atoms with Crippen molar-refractivity contribution in [2.24, 2.45) is 0 Å². The maximum absolute atomic E-state index is 13.5. The summed E-state index contributed by atoms with van der Waals surface area (Å²) < 4.78 is 18.8. The molecule has 25 heavy (non-hydrogen) atoms. The van der Waals surface area contributed by atoms with Gasteiger partial charge in [0, 0.05) is 0 Å². The zero-order valence-electron chi connectivity index (χ0n) is 13.4. The molecule has 6 nitrogen and oxygen atoms in total. The van der Waals surface area contributed by atoms with Crippen LogP contribution in [0, 0.1) is 5.82 Å². The van der Waals surface area contributed by atoms with Gasteiger partial charge in [0.25, 0.3) is 5.91 Å². The van der Waals surface area contributed by atoms with E-state index in [4.69, 9.17) is 4.74 Å². The summed E-state index contributed by atoms with van der Waals surface area (Å²) in [5, 5.41) is 11.0. The highest BCUT2D eigenvalue weighted by molar-refractivity contribution is 5.78. The lowest BCUT2D eigenvalue weighted by Crippen LogP contribution is -2.35. The van der Waals surface area contributed by atoms with Crippen LogP contribution < -0.4 is 10.1 Å². The number of hydrogen-bond acceptors (Lipinski definition) is 4. The van der Waals surface area contributed by atoms with Gasteiger partial charge in [-0.05, 0) is 17.7 Å². The summed E-state index contributed by atoms with van der Waals surface area (Å²) in [5.41, 5.74) is 0.916. The van der Waals surface area contributed by atoms with Crippen LogP contribution in [-0.4, -0.2) is 27.5 Å². The predicted octanol–water partition coefficient (Wildman–Crippen LogP) is 2.35. The lowest BCUT2D eigenvalue weighted by molar-refractivity contribution is -0.124. The summed E-state index contributed by atoms with van der Waals surface area (Å²) in [4.78, 5) is 13.7. The van der Waals surface area contributed by atoms with E-state index in [0.717, 1.165) is 5.56 Å². The van der Waals surface area contributed by atoms with Crippen LogP contribution in [0.2, 0.25) is 0 Å². The number of ether oxygens (including phenoxy) is 1. The summed E-state index contributed by atoms with van der Waals surface area (Å²) in [7, 11) is 0. The van der Waals surface area contributed by atoms with Gasteiger partial charge in [0.1, 0.15) is 0 Å². The van der Waals surface area contributed by atoms with Crippen molar-refractivity contribution >= 4 is 5.91 Å². The van der Waals surface area contributed by atoms with E-state index in [2.05, 4.69) is 15.5 Å². The zero-order valence-corrected chi connectivity index (χ0v) is 13.4. The standard InChI is InChI=1S/C18H17FN4O2/c19-15-8-4-5-9-17(15)25-13-18(24)22-16(12-23-20-10-11-21-23)14-6-2-1-3-7-14/h1-11,16H,12-13H2,(H,22,24)/t16-/m0/s1. The van der Waals surface area contributed by atoms with Crippen molar-refractivity contribution < 1.29 is 13.9 Å². The molecule has 1 atom stereocenters. The largest absolute Gasteiger partial charge is 0.481 e. The summed E-state index contributed by atoms with van der Waals surface area (Å²) in [6.45, 7) is 0.0965. The van der Waals surface area contributed by atoms with E-state index >= 15 is 0 Å². The molecule has 0 saturated heterocycles. The number of amides is 1. The van der Waals surface area contributed by atoms with Gasteiger partial charge in [0.15, 0.2) is 18.2 Å². The van der Waals surface area contributed by atoms with Crippen molar-refractivity contribution in [3.05, 3.63) is 78.4 Å². The van der Waals surface area contributed by atoms with Crippen molar-refractivity contribution in [2.75, 3.05) is 6.61 Å². The minimum absolute atomic E-state index is 0.0441. The second-order valence-corrected chi connectivity index (χ2v) is 5.33. The number of nitrogens with one attached hydrogen (secondary N) is 1. The van der Waals surface area contributed by atoms with E-state index in [9.17, 15) is 9.18 Å². The Morgan fingerprint density at radius 2 is 1.76 bits per heavy atom. The Hall–Kier alpha value is -3.22. The summed E-state index contributed by atoms with van der Waals surface area (Å²) in [5.74, 6) is -0.817. The Kier molecular flexibility index (Phi) is 5.36. The van der Waals surface area contributed by atoms with Crippen molar-refractivity contribution in [2.45, 2.75) is 12.6 Å². The van der Waals surface area contributed by atoms with E-state index < -0.39 is 5.82 Å². The van der Waals surface area contributed by atoms with Crippen molar-refractivity contribution in [1.82, 2.24) is 20.3 Å². The van der Waals surface area contributed by atoms with Gasteiger partial charge in [-0.15, -0.1) is 0 Å². The molecular weight excluding hydrogens is 323 g/mol. The van der Waals surface area contributed by atoms with Crippen LogP contribution >= 0.6 is 0 Å². The van der Waals surface area contributed by atoms with Crippen LogP contribution in [0.25, 0.3) is 0 Å². The number of para-hydroxylation sites is 1. The zero-order chi connectivity index (χ0) is 17.5. The van der Waals surface area contributed by atoms with Gasteiger partial charge in [-0.25, -0.2) is 4.39 Å². The lowest BCUT2D eigenvalue weighted by atomic mass is 10.1. The molecule has 1 aromatic heterocycles. The minimum atomic E-state index is -0.504. The molecule has 0 spiro atoms. The molecule has 0 aliphatic rings.